The molecule has 0 bridgehead atoms. The van der Waals surface area contributed by atoms with Gasteiger partial charge < -0.3 is 25.0 Å². The zero-order valence-electron chi connectivity index (χ0n) is 21.5. The average Bonchev–Trinajstić information content (AvgIpc) is 3.48. The Morgan fingerprint density at radius 1 is 1.33 bits per heavy atom. The molecule has 206 valence electrons. The summed E-state index contributed by atoms with van der Waals surface area (Å²) in [7, 11) is -2.80. The number of imidazole rings is 1. The Morgan fingerprint density at radius 2 is 2.10 bits per heavy atom. The number of esters is 1. The first kappa shape index (κ1) is 26.9. The molecule has 1 saturated carbocycles. The standard InChI is InChI=1S/C25H30N7O6P/c1-4-16-12-19(13-36-39(34,31-15(2)24(33)35-3)38-18-8-6-5-7-9-18)37-23(16)32-14-27-20-21(28-17-10-11-17)29-25(26)30-22(20)32/h1,5-9,14-17,19,23H,10-13H2,2-3H3,(H,31,34)(H3,26,28,29,30)/t15-,16-,19-,23+,39-/m0/s1. The van der Waals surface area contributed by atoms with Gasteiger partial charge in [-0.2, -0.15) is 15.1 Å². The van der Waals surface area contributed by atoms with Gasteiger partial charge in [-0.1, -0.05) is 24.1 Å². The van der Waals surface area contributed by atoms with Crippen LogP contribution in [-0.2, 0) is 23.4 Å². The Labute approximate surface area is 225 Å². The van der Waals surface area contributed by atoms with Crippen LogP contribution >= 0.6 is 7.75 Å². The topological polar surface area (TPSA) is 165 Å². The number of terminal acetylenes is 1. The summed E-state index contributed by atoms with van der Waals surface area (Å²) in [6, 6.07) is 7.88. The summed E-state index contributed by atoms with van der Waals surface area (Å²) in [5.41, 5.74) is 7.04. The highest BCUT2D eigenvalue weighted by atomic mass is 31.2. The molecule has 4 N–H and O–H groups in total. The zero-order chi connectivity index (χ0) is 27.6. The van der Waals surface area contributed by atoms with Crippen LogP contribution in [0.1, 0.15) is 32.4 Å². The van der Waals surface area contributed by atoms with E-state index in [9.17, 15) is 9.36 Å². The number of fused-ring (bicyclic) bond motifs is 1. The Kier molecular flexibility index (Phi) is 7.72. The average molecular weight is 556 g/mol. The van der Waals surface area contributed by atoms with Gasteiger partial charge in [0.2, 0.25) is 5.95 Å². The van der Waals surface area contributed by atoms with Crippen molar-refractivity contribution in [3.8, 4) is 18.1 Å². The molecule has 1 aliphatic heterocycles. The maximum absolute atomic E-state index is 13.7. The number of para-hydroxylation sites is 1. The van der Waals surface area contributed by atoms with Crippen LogP contribution in [-0.4, -0.2) is 57.4 Å². The van der Waals surface area contributed by atoms with Gasteiger partial charge in [0.05, 0.1) is 32.1 Å². The SMILES string of the molecule is C#C[C@H]1C[C@@H](CO[P@@](=O)(N[C@@H](C)C(=O)OC)Oc2ccccc2)O[C@H]1n1cnc2c(NC3CC3)nc(N)nc21. The van der Waals surface area contributed by atoms with Gasteiger partial charge in [0.1, 0.15) is 11.8 Å². The van der Waals surface area contributed by atoms with Crippen molar-refractivity contribution in [1.82, 2.24) is 24.6 Å². The van der Waals surface area contributed by atoms with Crippen LogP contribution in [0.25, 0.3) is 11.2 Å². The van der Waals surface area contributed by atoms with Crippen molar-refractivity contribution in [1.29, 1.82) is 0 Å². The number of aromatic nitrogens is 4. The monoisotopic (exact) mass is 555 g/mol. The van der Waals surface area contributed by atoms with Gasteiger partial charge in [-0.15, -0.1) is 6.42 Å². The number of hydrogen-bond donors (Lipinski definition) is 3. The second kappa shape index (κ2) is 11.2. The molecule has 14 heteroatoms. The van der Waals surface area contributed by atoms with Crippen LogP contribution in [0.5, 0.6) is 5.75 Å². The van der Waals surface area contributed by atoms with Crippen LogP contribution in [0.4, 0.5) is 11.8 Å². The Hall–Kier alpha value is -3.69. The summed E-state index contributed by atoms with van der Waals surface area (Å²) in [4.78, 5) is 25.2. The number of hydrogen-bond acceptors (Lipinski definition) is 11. The number of carbonyl (C=O) groups is 1. The summed E-state index contributed by atoms with van der Waals surface area (Å²) in [6.07, 6.45) is 8.82. The fraction of sp³-hybridized carbons (Fsp3) is 0.440. The number of ether oxygens (including phenoxy) is 2. The lowest BCUT2D eigenvalue weighted by molar-refractivity contribution is -0.142. The minimum absolute atomic E-state index is 0.104. The van der Waals surface area contributed by atoms with Gasteiger partial charge in [-0.3, -0.25) is 13.9 Å². The third kappa shape index (κ3) is 6.15. The van der Waals surface area contributed by atoms with Gasteiger partial charge >= 0.3 is 13.7 Å². The highest BCUT2D eigenvalue weighted by molar-refractivity contribution is 7.52. The Balaban J connectivity index is 1.33. The van der Waals surface area contributed by atoms with Crippen molar-refractivity contribution in [3.05, 3.63) is 36.7 Å². The summed E-state index contributed by atoms with van der Waals surface area (Å²) in [6.45, 7) is 1.37. The van der Waals surface area contributed by atoms with Crippen LogP contribution in [0.15, 0.2) is 36.7 Å². The first-order valence-corrected chi connectivity index (χ1v) is 14.1. The maximum atomic E-state index is 13.7. The van der Waals surface area contributed by atoms with Gasteiger partial charge in [0.25, 0.3) is 0 Å². The van der Waals surface area contributed by atoms with Crippen molar-refractivity contribution in [2.24, 2.45) is 5.92 Å². The van der Waals surface area contributed by atoms with E-state index in [4.69, 9.17) is 30.7 Å². The minimum Gasteiger partial charge on any atom is -0.468 e. The normalized spacial score (nSPS) is 23.1. The predicted molar refractivity (Wildman–Crippen MR) is 142 cm³/mol. The molecule has 0 unspecified atom stereocenters. The van der Waals surface area contributed by atoms with E-state index in [1.807, 2.05) is 0 Å². The molecule has 39 heavy (non-hydrogen) atoms. The van der Waals surface area contributed by atoms with Crippen LogP contribution in [0.3, 0.4) is 0 Å². The first-order valence-electron chi connectivity index (χ1n) is 12.5. The highest BCUT2D eigenvalue weighted by Gasteiger charge is 2.40. The fourth-order valence-electron chi connectivity index (χ4n) is 4.26. The molecule has 1 aliphatic carbocycles. The maximum Gasteiger partial charge on any atom is 0.459 e. The van der Waals surface area contributed by atoms with Gasteiger partial charge in [0, 0.05) is 6.04 Å². The molecule has 0 amide bonds. The number of nitrogens with zero attached hydrogens (tertiary/aromatic N) is 4. The lowest BCUT2D eigenvalue weighted by atomic mass is 10.0. The molecule has 0 spiro atoms. The van der Waals surface area contributed by atoms with Crippen molar-refractivity contribution in [2.75, 3.05) is 24.8 Å². The third-order valence-corrected chi connectivity index (χ3v) is 7.99. The molecule has 3 heterocycles. The van der Waals surface area contributed by atoms with Crippen molar-refractivity contribution >= 4 is 36.6 Å². The summed E-state index contributed by atoms with van der Waals surface area (Å²) in [5, 5.41) is 5.95. The lowest BCUT2D eigenvalue weighted by Gasteiger charge is -2.24. The van der Waals surface area contributed by atoms with E-state index in [2.05, 4.69) is 31.3 Å². The van der Waals surface area contributed by atoms with E-state index >= 15 is 0 Å². The largest absolute Gasteiger partial charge is 0.468 e. The molecule has 1 aromatic carbocycles. The third-order valence-electron chi connectivity index (χ3n) is 6.34. The molecular formula is C25H30N7O6P. The van der Waals surface area contributed by atoms with Crippen LogP contribution < -0.4 is 20.7 Å². The molecule has 2 aliphatic rings. The van der Waals surface area contributed by atoms with E-state index in [0.29, 0.717) is 35.2 Å². The van der Waals surface area contributed by atoms with Crippen LogP contribution in [0.2, 0.25) is 0 Å². The number of nitrogens with two attached hydrogens (primary N) is 1. The molecule has 0 radical (unpaired) electrons. The number of nitrogens with one attached hydrogen (secondary N) is 2. The molecule has 5 atom stereocenters. The summed E-state index contributed by atoms with van der Waals surface area (Å²) >= 11 is 0. The van der Waals surface area contributed by atoms with E-state index in [1.54, 1.807) is 41.2 Å². The highest BCUT2D eigenvalue weighted by Crippen LogP contribution is 2.46. The lowest BCUT2D eigenvalue weighted by Crippen LogP contribution is -2.35. The van der Waals surface area contributed by atoms with Gasteiger partial charge in [-0.25, -0.2) is 9.55 Å². The minimum atomic E-state index is -4.03. The van der Waals surface area contributed by atoms with E-state index in [-0.39, 0.29) is 18.5 Å². The number of carbonyl (C=O) groups excluding carboxylic acids is 1. The first-order chi connectivity index (χ1) is 18.8. The predicted octanol–water partition coefficient (Wildman–Crippen LogP) is 2.87. The van der Waals surface area contributed by atoms with Crippen molar-refractivity contribution in [3.63, 3.8) is 0 Å². The number of anilines is 2. The van der Waals surface area contributed by atoms with Gasteiger partial charge in [0.15, 0.2) is 23.2 Å². The molecule has 3 aromatic rings. The van der Waals surface area contributed by atoms with Gasteiger partial charge in [-0.05, 0) is 38.3 Å². The molecule has 1 saturated heterocycles. The molecule has 2 fully saturated rings. The Morgan fingerprint density at radius 3 is 2.79 bits per heavy atom. The zero-order valence-corrected chi connectivity index (χ0v) is 22.4. The van der Waals surface area contributed by atoms with Crippen molar-refractivity contribution in [2.45, 2.75) is 50.6 Å². The number of nitrogen functional groups attached to an aromatic ring is 1. The Bertz CT molecular complexity index is 1420. The van der Waals surface area contributed by atoms with Crippen LogP contribution in [0, 0.1) is 18.3 Å². The van der Waals surface area contributed by atoms with E-state index < -0.39 is 32.1 Å². The number of methoxy groups -OCH3 is 1. The quantitative estimate of drug-likeness (QED) is 0.180. The van der Waals surface area contributed by atoms with E-state index in [0.717, 1.165) is 12.8 Å². The van der Waals surface area contributed by atoms with Crippen molar-refractivity contribution < 1.29 is 27.9 Å². The second-order valence-electron chi connectivity index (χ2n) is 9.40. The van der Waals surface area contributed by atoms with E-state index in [1.165, 1.54) is 14.0 Å². The summed E-state index contributed by atoms with van der Waals surface area (Å²) in [5.74, 6) is 2.76. The second-order valence-corrected chi connectivity index (χ2v) is 11.1. The smallest absolute Gasteiger partial charge is 0.459 e. The fourth-order valence-corrected chi connectivity index (χ4v) is 5.79. The number of rotatable bonds is 11. The molecule has 5 rings (SSSR count). The molecular weight excluding hydrogens is 525 g/mol. The number of benzene rings is 1. The molecule has 2 aromatic heterocycles. The summed E-state index contributed by atoms with van der Waals surface area (Å²) < 4.78 is 37.8. The molecule has 13 nitrogen and oxygen atoms in total.